The molecule has 0 saturated heterocycles. The molecule has 1 aliphatic rings. The molecule has 0 amide bonds. The Kier molecular flexibility index (Phi) is 2.17. The molecule has 0 radical (unpaired) electrons. The highest BCUT2D eigenvalue weighted by Crippen LogP contribution is 2.49. The lowest BCUT2D eigenvalue weighted by Gasteiger charge is -2.32. The average molecular weight is 303 g/mol. The molecule has 1 nitrogen and oxygen atoms in total. The molecule has 4 aromatic rings. The molecule has 0 spiro atoms. The second-order valence-corrected chi connectivity index (χ2v) is 7.73. The summed E-state index contributed by atoms with van der Waals surface area (Å²) in [6.07, 6.45) is 0. The maximum atomic E-state index is 2.47. The van der Waals surface area contributed by atoms with Gasteiger partial charge in [-0.25, -0.2) is 0 Å². The largest absolute Gasteiger partial charge is 0.308 e. The summed E-state index contributed by atoms with van der Waals surface area (Å²) in [5.74, 6) is 0. The van der Waals surface area contributed by atoms with Crippen LogP contribution in [0.5, 0.6) is 0 Å². The Bertz CT molecular complexity index is 1060. The van der Waals surface area contributed by atoms with Crippen molar-refractivity contribution in [2.45, 2.75) is 26.2 Å². The molecule has 22 heavy (non-hydrogen) atoms. The highest BCUT2D eigenvalue weighted by Gasteiger charge is 2.35. The fraction of sp³-hybridized carbons (Fsp3) is 0.200. The molecule has 5 rings (SSSR count). The van der Waals surface area contributed by atoms with Crippen molar-refractivity contribution in [3.8, 4) is 5.69 Å². The van der Waals surface area contributed by atoms with E-state index in [0.717, 1.165) is 0 Å². The standard InChI is InChI=1S/C20H17NS/c1-12-7-8-16-14(11-12)13-5-4-6-15-18(13)21(16)17-9-10-22-19(17)20(15,2)3/h4-11H,1-3H3. The second-order valence-electron chi connectivity index (χ2n) is 6.82. The van der Waals surface area contributed by atoms with Crippen molar-refractivity contribution in [1.82, 2.24) is 4.57 Å². The maximum absolute atomic E-state index is 2.47. The van der Waals surface area contributed by atoms with Crippen LogP contribution in [0.15, 0.2) is 47.8 Å². The van der Waals surface area contributed by atoms with Gasteiger partial charge >= 0.3 is 0 Å². The highest BCUT2D eigenvalue weighted by atomic mass is 32.1. The van der Waals surface area contributed by atoms with Crippen molar-refractivity contribution in [3.63, 3.8) is 0 Å². The van der Waals surface area contributed by atoms with Crippen molar-refractivity contribution >= 4 is 33.1 Å². The maximum Gasteiger partial charge on any atom is 0.0610 e. The highest BCUT2D eigenvalue weighted by molar-refractivity contribution is 7.10. The number of rotatable bonds is 0. The lowest BCUT2D eigenvalue weighted by molar-refractivity contribution is 0.646. The first-order chi connectivity index (χ1) is 10.6. The van der Waals surface area contributed by atoms with E-state index in [1.807, 2.05) is 11.3 Å². The molecule has 1 aliphatic heterocycles. The first-order valence-electron chi connectivity index (χ1n) is 7.71. The van der Waals surface area contributed by atoms with E-state index < -0.39 is 0 Å². The zero-order valence-corrected chi connectivity index (χ0v) is 13.8. The Balaban J connectivity index is 2.14. The summed E-state index contributed by atoms with van der Waals surface area (Å²) in [4.78, 5) is 1.46. The van der Waals surface area contributed by atoms with E-state index in [1.165, 1.54) is 43.5 Å². The van der Waals surface area contributed by atoms with Crippen LogP contribution in [-0.2, 0) is 5.41 Å². The van der Waals surface area contributed by atoms with Crippen LogP contribution in [0.4, 0.5) is 0 Å². The normalized spacial score (nSPS) is 15.4. The van der Waals surface area contributed by atoms with Gasteiger partial charge in [0.05, 0.1) is 16.7 Å². The van der Waals surface area contributed by atoms with E-state index in [2.05, 4.69) is 73.2 Å². The van der Waals surface area contributed by atoms with Gasteiger partial charge in [-0.1, -0.05) is 43.7 Å². The number of aryl methyl sites for hydroxylation is 1. The molecule has 0 fully saturated rings. The number of nitrogens with zero attached hydrogens (tertiary/aromatic N) is 1. The molecule has 108 valence electrons. The Morgan fingerprint density at radius 1 is 1.00 bits per heavy atom. The molecular weight excluding hydrogens is 286 g/mol. The van der Waals surface area contributed by atoms with Gasteiger partial charge in [0, 0.05) is 21.1 Å². The fourth-order valence-electron chi connectivity index (χ4n) is 4.01. The Hall–Kier alpha value is -2.06. The molecule has 2 aromatic heterocycles. The lowest BCUT2D eigenvalue weighted by atomic mass is 9.79. The third kappa shape index (κ3) is 1.30. The Morgan fingerprint density at radius 2 is 1.86 bits per heavy atom. The fourth-order valence-corrected chi connectivity index (χ4v) is 5.02. The van der Waals surface area contributed by atoms with Crippen LogP contribution < -0.4 is 0 Å². The van der Waals surface area contributed by atoms with Gasteiger partial charge < -0.3 is 4.57 Å². The Morgan fingerprint density at radius 3 is 2.73 bits per heavy atom. The second kappa shape index (κ2) is 3.82. The molecule has 0 unspecified atom stereocenters. The van der Waals surface area contributed by atoms with Crippen molar-refractivity contribution in [3.05, 3.63) is 63.8 Å². The molecule has 0 saturated carbocycles. The smallest absolute Gasteiger partial charge is 0.0610 e. The molecule has 2 aromatic carbocycles. The molecular formula is C20H17NS. The number of thiophene rings is 1. The van der Waals surface area contributed by atoms with E-state index in [-0.39, 0.29) is 5.41 Å². The molecule has 0 atom stereocenters. The number of hydrogen-bond donors (Lipinski definition) is 0. The number of benzene rings is 2. The van der Waals surface area contributed by atoms with Gasteiger partial charge in [-0.15, -0.1) is 11.3 Å². The topological polar surface area (TPSA) is 4.93 Å². The predicted octanol–water partition coefficient (Wildman–Crippen LogP) is 5.79. The van der Waals surface area contributed by atoms with Crippen LogP contribution in [0.1, 0.15) is 29.9 Å². The molecule has 2 heteroatoms. The van der Waals surface area contributed by atoms with E-state index in [4.69, 9.17) is 0 Å². The van der Waals surface area contributed by atoms with E-state index in [9.17, 15) is 0 Å². The summed E-state index contributed by atoms with van der Waals surface area (Å²) in [6, 6.07) is 15.9. The van der Waals surface area contributed by atoms with E-state index in [1.54, 1.807) is 0 Å². The summed E-state index contributed by atoms with van der Waals surface area (Å²) < 4.78 is 2.47. The zero-order valence-electron chi connectivity index (χ0n) is 13.0. The summed E-state index contributed by atoms with van der Waals surface area (Å²) in [5.41, 5.74) is 6.90. The third-order valence-electron chi connectivity index (χ3n) is 5.07. The summed E-state index contributed by atoms with van der Waals surface area (Å²) >= 11 is 1.87. The van der Waals surface area contributed by atoms with Crippen LogP contribution >= 0.6 is 11.3 Å². The van der Waals surface area contributed by atoms with Crippen LogP contribution in [0.3, 0.4) is 0 Å². The minimum absolute atomic E-state index is 0.0719. The van der Waals surface area contributed by atoms with Gasteiger partial charge in [0.25, 0.3) is 0 Å². The molecule has 0 bridgehead atoms. The van der Waals surface area contributed by atoms with Crippen molar-refractivity contribution in [1.29, 1.82) is 0 Å². The minimum atomic E-state index is 0.0719. The number of hydrogen-bond acceptors (Lipinski definition) is 1. The van der Waals surface area contributed by atoms with Gasteiger partial charge in [-0.3, -0.25) is 0 Å². The van der Waals surface area contributed by atoms with Gasteiger partial charge in [-0.05, 0) is 36.1 Å². The van der Waals surface area contributed by atoms with Crippen molar-refractivity contribution in [2.75, 3.05) is 0 Å². The van der Waals surface area contributed by atoms with Crippen molar-refractivity contribution in [2.24, 2.45) is 0 Å². The van der Waals surface area contributed by atoms with Crippen LogP contribution in [0.2, 0.25) is 0 Å². The van der Waals surface area contributed by atoms with Crippen LogP contribution in [0, 0.1) is 6.92 Å². The third-order valence-corrected chi connectivity index (χ3v) is 6.30. The van der Waals surface area contributed by atoms with Gasteiger partial charge in [-0.2, -0.15) is 0 Å². The number of aromatic nitrogens is 1. The zero-order chi connectivity index (χ0) is 15.1. The minimum Gasteiger partial charge on any atom is -0.308 e. The monoisotopic (exact) mass is 303 g/mol. The number of para-hydroxylation sites is 1. The predicted molar refractivity (Wildman–Crippen MR) is 95.5 cm³/mol. The number of fused-ring (bicyclic) bond motifs is 5. The van der Waals surface area contributed by atoms with E-state index in [0.29, 0.717) is 0 Å². The van der Waals surface area contributed by atoms with Crippen LogP contribution in [0.25, 0.3) is 27.5 Å². The summed E-state index contributed by atoms with van der Waals surface area (Å²) in [6.45, 7) is 6.87. The average Bonchev–Trinajstić information content (AvgIpc) is 3.08. The molecule has 0 N–H and O–H groups in total. The SMILES string of the molecule is Cc1ccc2c(c1)c1cccc3c1n2-c1ccsc1C3(C)C. The van der Waals surface area contributed by atoms with E-state index >= 15 is 0 Å². The quantitative estimate of drug-likeness (QED) is 0.387. The summed E-state index contributed by atoms with van der Waals surface area (Å²) in [7, 11) is 0. The van der Waals surface area contributed by atoms with Gasteiger partial charge in [0.1, 0.15) is 0 Å². The lowest BCUT2D eigenvalue weighted by Crippen LogP contribution is -2.24. The summed E-state index contributed by atoms with van der Waals surface area (Å²) in [5, 5.41) is 4.97. The van der Waals surface area contributed by atoms with Gasteiger partial charge in [0.2, 0.25) is 0 Å². The molecule has 3 heterocycles. The Labute approximate surface area is 133 Å². The van der Waals surface area contributed by atoms with Crippen LogP contribution in [-0.4, -0.2) is 4.57 Å². The molecule has 0 aliphatic carbocycles. The first kappa shape index (κ1) is 12.5. The van der Waals surface area contributed by atoms with Crippen molar-refractivity contribution < 1.29 is 0 Å². The van der Waals surface area contributed by atoms with Gasteiger partial charge in [0.15, 0.2) is 0 Å². The first-order valence-corrected chi connectivity index (χ1v) is 8.59.